The second-order valence-corrected chi connectivity index (χ2v) is 5.99. The third-order valence-electron chi connectivity index (χ3n) is 3.21. The van der Waals surface area contributed by atoms with Crippen LogP contribution in [-0.2, 0) is 21.3 Å². The van der Waals surface area contributed by atoms with Gasteiger partial charge in [0, 0.05) is 38.3 Å². The predicted molar refractivity (Wildman–Crippen MR) is 84.9 cm³/mol. The van der Waals surface area contributed by atoms with Crippen LogP contribution in [0.5, 0.6) is 0 Å². The summed E-state index contributed by atoms with van der Waals surface area (Å²) >= 11 is 0. The minimum atomic E-state index is -1.14. The Kier molecular flexibility index (Phi) is 5.95. The van der Waals surface area contributed by atoms with Crippen LogP contribution >= 0.6 is 0 Å². The molecule has 114 valence electrons. The Morgan fingerprint density at radius 1 is 1.43 bits per heavy atom. The summed E-state index contributed by atoms with van der Waals surface area (Å²) < 4.78 is 17.3. The first-order valence-corrected chi connectivity index (χ1v) is 8.27. The van der Waals surface area contributed by atoms with Gasteiger partial charge in [-0.25, -0.2) is 4.98 Å². The lowest BCUT2D eigenvalue weighted by Crippen LogP contribution is -2.26. The summed E-state index contributed by atoms with van der Waals surface area (Å²) in [5.74, 6) is 0.461. The van der Waals surface area contributed by atoms with Crippen LogP contribution in [0.4, 0.5) is 5.69 Å². The van der Waals surface area contributed by atoms with Crippen LogP contribution in [0.1, 0.15) is 12.5 Å². The van der Waals surface area contributed by atoms with Crippen molar-refractivity contribution in [2.45, 2.75) is 17.8 Å². The Hall–Kier alpha value is -1.66. The average molecular weight is 307 g/mol. The number of methoxy groups -OCH3 is 1. The van der Waals surface area contributed by atoms with Gasteiger partial charge in [-0.05, 0) is 24.6 Å². The summed E-state index contributed by atoms with van der Waals surface area (Å²) in [6, 6.07) is 8.15. The molecule has 1 aromatic carbocycles. The van der Waals surface area contributed by atoms with Crippen LogP contribution in [0.15, 0.2) is 41.8 Å². The zero-order valence-corrected chi connectivity index (χ0v) is 13.2. The predicted octanol–water partition coefficient (Wildman–Crippen LogP) is 2.19. The van der Waals surface area contributed by atoms with Gasteiger partial charge in [-0.1, -0.05) is 12.1 Å². The summed E-state index contributed by atoms with van der Waals surface area (Å²) in [5, 5.41) is 0.520. The number of ether oxygens (including phenoxy) is 1. The summed E-state index contributed by atoms with van der Waals surface area (Å²) in [6.07, 6.45) is 3.31. The van der Waals surface area contributed by atoms with Crippen molar-refractivity contribution in [1.82, 2.24) is 9.97 Å². The van der Waals surface area contributed by atoms with Gasteiger partial charge in [0.2, 0.25) is 0 Å². The fourth-order valence-electron chi connectivity index (χ4n) is 2.11. The lowest BCUT2D eigenvalue weighted by molar-refractivity contribution is 0.205. The largest absolute Gasteiger partial charge is 0.383 e. The van der Waals surface area contributed by atoms with Gasteiger partial charge in [-0.15, -0.1) is 0 Å². The highest BCUT2D eigenvalue weighted by atomic mass is 32.2. The van der Waals surface area contributed by atoms with Crippen molar-refractivity contribution in [2.75, 3.05) is 31.7 Å². The molecule has 0 fully saturated rings. The Balaban J connectivity index is 2.08. The van der Waals surface area contributed by atoms with Gasteiger partial charge in [-0.3, -0.25) is 4.21 Å². The maximum absolute atomic E-state index is 12.2. The second kappa shape index (κ2) is 7.95. The molecule has 5 nitrogen and oxygen atoms in total. The van der Waals surface area contributed by atoms with E-state index < -0.39 is 10.8 Å². The minimum absolute atomic E-state index is 0.461. The molecule has 0 aliphatic carbocycles. The van der Waals surface area contributed by atoms with Crippen molar-refractivity contribution in [3.05, 3.63) is 42.2 Å². The van der Waals surface area contributed by atoms with Crippen LogP contribution in [0.3, 0.4) is 0 Å². The summed E-state index contributed by atoms with van der Waals surface area (Å²) in [5.41, 5.74) is 2.17. The fourth-order valence-corrected chi connectivity index (χ4v) is 3.11. The van der Waals surface area contributed by atoms with Gasteiger partial charge in [0.05, 0.1) is 23.2 Å². The zero-order chi connectivity index (χ0) is 15.1. The van der Waals surface area contributed by atoms with Gasteiger partial charge >= 0.3 is 0 Å². The molecule has 0 spiro atoms. The van der Waals surface area contributed by atoms with Crippen molar-refractivity contribution in [1.29, 1.82) is 0 Å². The van der Waals surface area contributed by atoms with Crippen molar-refractivity contribution >= 4 is 16.5 Å². The maximum Gasteiger partial charge on any atom is 0.196 e. The first kappa shape index (κ1) is 15.7. The Bertz CT molecular complexity index is 572. The number of anilines is 1. The quantitative estimate of drug-likeness (QED) is 0.812. The first-order valence-electron chi connectivity index (χ1n) is 6.95. The Labute approximate surface area is 127 Å². The molecule has 6 heteroatoms. The Morgan fingerprint density at radius 2 is 2.29 bits per heavy atom. The molecule has 0 aliphatic rings. The van der Waals surface area contributed by atoms with E-state index in [9.17, 15) is 4.21 Å². The molecule has 1 N–H and O–H groups in total. The molecule has 2 aromatic rings. The minimum Gasteiger partial charge on any atom is -0.383 e. The molecule has 0 amide bonds. The van der Waals surface area contributed by atoms with Gasteiger partial charge in [0.25, 0.3) is 0 Å². The maximum atomic E-state index is 12.2. The van der Waals surface area contributed by atoms with Crippen molar-refractivity contribution in [3.8, 4) is 0 Å². The lowest BCUT2D eigenvalue weighted by atomic mass is 10.2. The van der Waals surface area contributed by atoms with E-state index in [0.717, 1.165) is 24.3 Å². The molecule has 1 unspecified atom stereocenters. The number of nitrogens with zero attached hydrogens (tertiary/aromatic N) is 2. The number of aromatic nitrogens is 2. The number of rotatable bonds is 8. The van der Waals surface area contributed by atoms with Gasteiger partial charge in [0.15, 0.2) is 5.16 Å². The zero-order valence-electron chi connectivity index (χ0n) is 12.4. The van der Waals surface area contributed by atoms with Crippen molar-refractivity contribution in [2.24, 2.45) is 0 Å². The van der Waals surface area contributed by atoms with Crippen LogP contribution < -0.4 is 4.90 Å². The van der Waals surface area contributed by atoms with E-state index in [1.807, 2.05) is 12.1 Å². The highest BCUT2D eigenvalue weighted by molar-refractivity contribution is 7.84. The normalized spacial score (nSPS) is 12.3. The van der Waals surface area contributed by atoms with Crippen LogP contribution in [0.2, 0.25) is 0 Å². The molecule has 0 radical (unpaired) electrons. The number of hydrogen-bond donors (Lipinski definition) is 1. The van der Waals surface area contributed by atoms with Gasteiger partial charge < -0.3 is 14.6 Å². The van der Waals surface area contributed by atoms with E-state index in [-0.39, 0.29) is 0 Å². The molecule has 0 bridgehead atoms. The van der Waals surface area contributed by atoms with Crippen molar-refractivity contribution in [3.63, 3.8) is 0 Å². The monoisotopic (exact) mass is 307 g/mol. The second-order valence-electron chi connectivity index (χ2n) is 4.63. The average Bonchev–Trinajstić information content (AvgIpc) is 3.03. The smallest absolute Gasteiger partial charge is 0.196 e. The molecule has 21 heavy (non-hydrogen) atoms. The molecule has 1 heterocycles. The van der Waals surface area contributed by atoms with Crippen LogP contribution in [0, 0.1) is 0 Å². The number of aromatic amines is 1. The third kappa shape index (κ3) is 4.41. The number of imidazole rings is 1. The van der Waals surface area contributed by atoms with E-state index in [1.54, 1.807) is 19.5 Å². The fraction of sp³-hybridized carbons (Fsp3) is 0.400. The van der Waals surface area contributed by atoms with Crippen LogP contribution in [0.25, 0.3) is 0 Å². The number of likely N-dealkylation sites (N-methyl/N-ethyl adjacent to an activating group) is 1. The molecule has 0 aliphatic heterocycles. The topological polar surface area (TPSA) is 58.2 Å². The molecule has 2 rings (SSSR count). The van der Waals surface area contributed by atoms with E-state index in [2.05, 4.69) is 33.9 Å². The lowest BCUT2D eigenvalue weighted by Gasteiger charge is -2.23. The molecule has 1 atom stereocenters. The number of nitrogens with one attached hydrogen (secondary N) is 1. The highest BCUT2D eigenvalue weighted by Crippen LogP contribution is 2.18. The molecule has 1 aromatic heterocycles. The standard InChI is InChI=1S/C15H21N3O2S/c1-3-18(9-10-20-2)14-6-4-5-13(11-14)12-21(19)15-16-7-8-17-15/h4-8,11H,3,9-10,12H2,1-2H3,(H,16,17). The summed E-state index contributed by atoms with van der Waals surface area (Å²) in [7, 11) is 0.563. The number of benzene rings is 1. The highest BCUT2D eigenvalue weighted by Gasteiger charge is 2.09. The van der Waals surface area contributed by atoms with Gasteiger partial charge in [-0.2, -0.15) is 0 Å². The van der Waals surface area contributed by atoms with E-state index in [4.69, 9.17) is 4.74 Å². The summed E-state index contributed by atoms with van der Waals surface area (Å²) in [4.78, 5) is 9.18. The SMILES string of the molecule is CCN(CCOC)c1cccc(CS(=O)c2ncc[nH]2)c1. The van der Waals surface area contributed by atoms with E-state index in [0.29, 0.717) is 17.5 Å². The van der Waals surface area contributed by atoms with Gasteiger partial charge in [0.1, 0.15) is 0 Å². The van der Waals surface area contributed by atoms with E-state index >= 15 is 0 Å². The molecular weight excluding hydrogens is 286 g/mol. The molecular formula is C15H21N3O2S. The number of hydrogen-bond acceptors (Lipinski definition) is 4. The van der Waals surface area contributed by atoms with E-state index in [1.165, 1.54) is 0 Å². The molecule has 0 saturated heterocycles. The summed E-state index contributed by atoms with van der Waals surface area (Å²) in [6.45, 7) is 4.56. The Morgan fingerprint density at radius 3 is 2.95 bits per heavy atom. The van der Waals surface area contributed by atoms with Crippen LogP contribution in [-0.4, -0.2) is 41.0 Å². The first-order chi connectivity index (χ1) is 10.2. The molecule has 0 saturated carbocycles. The van der Waals surface area contributed by atoms with Crippen molar-refractivity contribution < 1.29 is 8.95 Å². The third-order valence-corrected chi connectivity index (χ3v) is 4.46. The number of H-pyrrole nitrogens is 1.